The summed E-state index contributed by atoms with van der Waals surface area (Å²) in [6, 6.07) is 4.71. The molecule has 1 fully saturated rings. The summed E-state index contributed by atoms with van der Waals surface area (Å²) in [4.78, 5) is 10.4. The normalized spacial score (nSPS) is 15.4. The molecule has 0 atom stereocenters. The Bertz CT molecular complexity index is 813. The van der Waals surface area contributed by atoms with Gasteiger partial charge in [0.2, 0.25) is 0 Å². The van der Waals surface area contributed by atoms with Crippen LogP contribution in [0.25, 0.3) is 16.7 Å². The highest BCUT2D eigenvalue weighted by Crippen LogP contribution is 2.28. The van der Waals surface area contributed by atoms with Crippen molar-refractivity contribution in [3.63, 3.8) is 0 Å². The third-order valence-corrected chi connectivity index (χ3v) is 3.75. The fourth-order valence-electron chi connectivity index (χ4n) is 2.69. The quantitative estimate of drug-likeness (QED) is 0.722. The number of fused-ring (bicyclic) bond motifs is 1. The van der Waals surface area contributed by atoms with Crippen molar-refractivity contribution in [1.29, 1.82) is 0 Å². The Kier molecular flexibility index (Phi) is 3.19. The Labute approximate surface area is 126 Å². The SMILES string of the molecule is Fc1ccc(-n2ncc3cncnc32)c(N2CCOCC2)c1. The average Bonchev–Trinajstić information content (AvgIpc) is 3.00. The van der Waals surface area contributed by atoms with Crippen LogP contribution in [0.1, 0.15) is 0 Å². The summed E-state index contributed by atoms with van der Waals surface area (Å²) in [6.07, 6.45) is 4.91. The van der Waals surface area contributed by atoms with Gasteiger partial charge in [0.05, 0.1) is 36.2 Å². The van der Waals surface area contributed by atoms with Crippen molar-refractivity contribution < 1.29 is 9.13 Å². The molecule has 2 aromatic heterocycles. The first kappa shape index (κ1) is 13.1. The summed E-state index contributed by atoms with van der Waals surface area (Å²) in [7, 11) is 0. The molecule has 112 valence electrons. The van der Waals surface area contributed by atoms with E-state index in [2.05, 4.69) is 20.0 Å². The van der Waals surface area contributed by atoms with Crippen LogP contribution in [0, 0.1) is 5.82 Å². The van der Waals surface area contributed by atoms with Crippen LogP contribution in [0.3, 0.4) is 0 Å². The lowest BCUT2D eigenvalue weighted by Gasteiger charge is -2.30. The molecule has 22 heavy (non-hydrogen) atoms. The first-order valence-corrected chi connectivity index (χ1v) is 7.09. The van der Waals surface area contributed by atoms with E-state index in [-0.39, 0.29) is 5.82 Å². The molecule has 0 unspecified atom stereocenters. The van der Waals surface area contributed by atoms with E-state index in [1.54, 1.807) is 23.1 Å². The second-order valence-electron chi connectivity index (χ2n) is 5.09. The van der Waals surface area contributed by atoms with Gasteiger partial charge in [-0.15, -0.1) is 0 Å². The molecule has 7 heteroatoms. The van der Waals surface area contributed by atoms with Gasteiger partial charge in [-0.05, 0) is 18.2 Å². The molecule has 1 aliphatic heterocycles. The van der Waals surface area contributed by atoms with Crippen molar-refractivity contribution in [2.75, 3.05) is 31.2 Å². The predicted molar refractivity (Wildman–Crippen MR) is 79.7 cm³/mol. The van der Waals surface area contributed by atoms with Crippen molar-refractivity contribution >= 4 is 16.7 Å². The minimum Gasteiger partial charge on any atom is -0.378 e. The van der Waals surface area contributed by atoms with Gasteiger partial charge in [0.25, 0.3) is 0 Å². The number of hydrogen-bond acceptors (Lipinski definition) is 5. The zero-order chi connectivity index (χ0) is 14.9. The van der Waals surface area contributed by atoms with E-state index in [1.165, 1.54) is 18.5 Å². The Hall–Kier alpha value is -2.54. The molecule has 3 heterocycles. The Morgan fingerprint density at radius 3 is 2.82 bits per heavy atom. The van der Waals surface area contributed by atoms with E-state index >= 15 is 0 Å². The number of rotatable bonds is 2. The van der Waals surface area contributed by atoms with E-state index < -0.39 is 0 Å². The molecule has 0 saturated carbocycles. The van der Waals surface area contributed by atoms with E-state index in [1.807, 2.05) is 0 Å². The van der Waals surface area contributed by atoms with Gasteiger partial charge in [0, 0.05) is 19.3 Å². The van der Waals surface area contributed by atoms with Crippen molar-refractivity contribution in [1.82, 2.24) is 19.7 Å². The molecule has 1 saturated heterocycles. The number of aromatic nitrogens is 4. The van der Waals surface area contributed by atoms with Crippen LogP contribution in [0.15, 0.2) is 36.9 Å². The molecule has 0 radical (unpaired) electrons. The molecule has 6 nitrogen and oxygen atoms in total. The number of ether oxygens (including phenoxy) is 1. The first-order chi connectivity index (χ1) is 10.8. The molecule has 0 aliphatic carbocycles. The van der Waals surface area contributed by atoms with Gasteiger partial charge in [0.15, 0.2) is 5.65 Å². The summed E-state index contributed by atoms with van der Waals surface area (Å²) < 4.78 is 20.8. The predicted octanol–water partition coefficient (Wildman–Crippen LogP) is 1.79. The van der Waals surface area contributed by atoms with Crippen LogP contribution < -0.4 is 4.90 Å². The molecule has 4 rings (SSSR count). The largest absolute Gasteiger partial charge is 0.378 e. The van der Waals surface area contributed by atoms with Crippen LogP contribution in [0.4, 0.5) is 10.1 Å². The summed E-state index contributed by atoms with van der Waals surface area (Å²) >= 11 is 0. The van der Waals surface area contributed by atoms with Gasteiger partial charge in [-0.1, -0.05) is 0 Å². The van der Waals surface area contributed by atoms with Crippen LogP contribution in [0.2, 0.25) is 0 Å². The maximum absolute atomic E-state index is 13.7. The zero-order valence-electron chi connectivity index (χ0n) is 11.8. The van der Waals surface area contributed by atoms with Gasteiger partial charge in [-0.25, -0.2) is 19.0 Å². The summed E-state index contributed by atoms with van der Waals surface area (Å²) in [5, 5.41) is 5.23. The lowest BCUT2D eigenvalue weighted by Crippen LogP contribution is -2.37. The van der Waals surface area contributed by atoms with Crippen LogP contribution in [0.5, 0.6) is 0 Å². The smallest absolute Gasteiger partial charge is 0.166 e. The van der Waals surface area contributed by atoms with Gasteiger partial charge in [-0.2, -0.15) is 5.10 Å². The molecule has 0 N–H and O–H groups in total. The Balaban J connectivity index is 1.87. The molecule has 0 spiro atoms. The molecular formula is C15H14FN5O. The summed E-state index contributed by atoms with van der Waals surface area (Å²) in [6.45, 7) is 2.73. The van der Waals surface area contributed by atoms with Crippen molar-refractivity contribution in [2.24, 2.45) is 0 Å². The molecular weight excluding hydrogens is 285 g/mol. The molecule has 1 aromatic carbocycles. The second kappa shape index (κ2) is 5.34. The average molecular weight is 299 g/mol. The highest BCUT2D eigenvalue weighted by molar-refractivity contribution is 5.77. The maximum atomic E-state index is 13.7. The van der Waals surface area contributed by atoms with Gasteiger partial charge < -0.3 is 9.64 Å². The van der Waals surface area contributed by atoms with Crippen molar-refractivity contribution in [2.45, 2.75) is 0 Å². The Morgan fingerprint density at radius 1 is 1.09 bits per heavy atom. The summed E-state index contributed by atoms with van der Waals surface area (Å²) in [5.41, 5.74) is 2.31. The minimum atomic E-state index is -0.267. The maximum Gasteiger partial charge on any atom is 0.166 e. The summed E-state index contributed by atoms with van der Waals surface area (Å²) in [5.74, 6) is -0.267. The fraction of sp³-hybridized carbons (Fsp3) is 0.267. The molecule has 1 aliphatic rings. The van der Waals surface area contributed by atoms with E-state index in [0.717, 1.165) is 29.9 Å². The lowest BCUT2D eigenvalue weighted by molar-refractivity contribution is 0.122. The standard InChI is InChI=1S/C15H14FN5O/c16-12-1-2-13(14(7-12)20-3-5-22-6-4-20)21-15-11(9-19-21)8-17-10-18-15/h1-2,7-10H,3-6H2. The fourth-order valence-corrected chi connectivity index (χ4v) is 2.69. The third kappa shape index (κ3) is 2.19. The van der Waals surface area contributed by atoms with Crippen LogP contribution >= 0.6 is 0 Å². The third-order valence-electron chi connectivity index (χ3n) is 3.75. The van der Waals surface area contributed by atoms with Crippen molar-refractivity contribution in [3.8, 4) is 5.69 Å². The molecule has 0 amide bonds. The van der Waals surface area contributed by atoms with E-state index in [0.29, 0.717) is 18.9 Å². The van der Waals surface area contributed by atoms with E-state index in [9.17, 15) is 4.39 Å². The monoisotopic (exact) mass is 299 g/mol. The van der Waals surface area contributed by atoms with Gasteiger partial charge in [-0.3, -0.25) is 0 Å². The number of halogens is 1. The molecule has 0 bridgehead atoms. The highest BCUT2D eigenvalue weighted by Gasteiger charge is 2.18. The van der Waals surface area contributed by atoms with E-state index in [4.69, 9.17) is 4.74 Å². The van der Waals surface area contributed by atoms with Gasteiger partial charge in [0.1, 0.15) is 12.1 Å². The van der Waals surface area contributed by atoms with Crippen LogP contribution in [-0.2, 0) is 4.74 Å². The lowest BCUT2D eigenvalue weighted by atomic mass is 10.2. The second-order valence-corrected chi connectivity index (χ2v) is 5.09. The van der Waals surface area contributed by atoms with Gasteiger partial charge >= 0.3 is 0 Å². The van der Waals surface area contributed by atoms with Crippen LogP contribution in [-0.4, -0.2) is 46.1 Å². The Morgan fingerprint density at radius 2 is 1.95 bits per heavy atom. The number of nitrogens with zero attached hydrogens (tertiary/aromatic N) is 5. The molecule has 3 aromatic rings. The minimum absolute atomic E-state index is 0.267. The zero-order valence-corrected chi connectivity index (χ0v) is 11.8. The first-order valence-electron chi connectivity index (χ1n) is 7.09. The number of hydrogen-bond donors (Lipinski definition) is 0. The van der Waals surface area contributed by atoms with Crippen molar-refractivity contribution in [3.05, 3.63) is 42.7 Å². The number of anilines is 1. The topological polar surface area (TPSA) is 56.1 Å². The number of benzene rings is 1. The highest BCUT2D eigenvalue weighted by atomic mass is 19.1. The number of morpholine rings is 1.